The average molecular weight is 553 g/mol. The zero-order valence-electron chi connectivity index (χ0n) is 21.4. The van der Waals surface area contributed by atoms with E-state index in [-0.39, 0.29) is 63.1 Å². The first-order chi connectivity index (χ1) is 17.3. The quantitative estimate of drug-likeness (QED) is 0.296. The van der Waals surface area contributed by atoms with Gasteiger partial charge in [-0.25, -0.2) is 17.9 Å². The van der Waals surface area contributed by atoms with Gasteiger partial charge in [-0.1, -0.05) is 11.6 Å². The maximum absolute atomic E-state index is 13.7. The zero-order chi connectivity index (χ0) is 27.7. The summed E-state index contributed by atoms with van der Waals surface area (Å²) >= 11 is 6.60. The highest BCUT2D eigenvalue weighted by atomic mass is 35.5. The van der Waals surface area contributed by atoms with Gasteiger partial charge in [-0.3, -0.25) is 9.48 Å². The molecule has 11 nitrogen and oxygen atoms in total. The number of benzene rings is 1. The van der Waals surface area contributed by atoms with Crippen LogP contribution < -0.4 is 4.74 Å². The Morgan fingerprint density at radius 3 is 2.38 bits per heavy atom. The first-order valence-corrected chi connectivity index (χ1v) is 13.6. The molecule has 3 aromatic rings. The summed E-state index contributed by atoms with van der Waals surface area (Å²) in [4.78, 5) is 26.5. The number of aryl methyl sites for hydroxylation is 4. The maximum atomic E-state index is 13.7. The summed E-state index contributed by atoms with van der Waals surface area (Å²) in [6.07, 6.45) is 2.50. The molecule has 3 rings (SSSR count). The summed E-state index contributed by atoms with van der Waals surface area (Å²) in [5.74, 6) is -1.41. The molecule has 37 heavy (non-hydrogen) atoms. The number of hydrogen-bond donors (Lipinski definition) is 1. The van der Waals surface area contributed by atoms with Crippen LogP contribution in [0.1, 0.15) is 56.6 Å². The molecule has 1 N–H and O–H groups in total. The van der Waals surface area contributed by atoms with Gasteiger partial charge in [0.15, 0.2) is 9.84 Å². The van der Waals surface area contributed by atoms with E-state index >= 15 is 0 Å². The van der Waals surface area contributed by atoms with Crippen LogP contribution >= 0.6 is 11.6 Å². The number of esters is 1. The first-order valence-electron chi connectivity index (χ1n) is 11.3. The van der Waals surface area contributed by atoms with Crippen LogP contribution in [0.3, 0.4) is 0 Å². The lowest BCUT2D eigenvalue weighted by Gasteiger charge is -2.17. The fraction of sp³-hybridized carbons (Fsp3) is 0.417. The summed E-state index contributed by atoms with van der Waals surface area (Å²) in [7, 11) is -0.509. The predicted octanol–water partition coefficient (Wildman–Crippen LogP) is 2.57. The molecule has 0 radical (unpaired) electrons. The fourth-order valence-corrected chi connectivity index (χ4v) is 5.13. The monoisotopic (exact) mass is 552 g/mol. The summed E-state index contributed by atoms with van der Waals surface area (Å²) in [6, 6.07) is 2.60. The Morgan fingerprint density at radius 1 is 1.14 bits per heavy atom. The SMILES string of the molecule is Cc1nn(C)cc1C(=O)Oc1c(C(=O)c2ccc(S(C)(=O)=O)c(COC(C)CCO)c2Cl)c(C)nn1C. The number of rotatable bonds is 10. The molecule has 2 aromatic heterocycles. The molecule has 1 atom stereocenters. The van der Waals surface area contributed by atoms with Crippen molar-refractivity contribution >= 4 is 33.2 Å². The van der Waals surface area contributed by atoms with Crippen LogP contribution in [0.4, 0.5) is 0 Å². The number of ether oxygens (including phenoxy) is 2. The lowest BCUT2D eigenvalue weighted by Crippen LogP contribution is -2.16. The minimum Gasteiger partial charge on any atom is -0.403 e. The molecule has 2 heterocycles. The van der Waals surface area contributed by atoms with E-state index in [1.54, 1.807) is 27.8 Å². The molecule has 0 fully saturated rings. The van der Waals surface area contributed by atoms with Gasteiger partial charge >= 0.3 is 5.97 Å². The van der Waals surface area contributed by atoms with Gasteiger partial charge in [0.05, 0.1) is 34.0 Å². The van der Waals surface area contributed by atoms with Crippen molar-refractivity contribution in [2.75, 3.05) is 12.9 Å². The van der Waals surface area contributed by atoms with Gasteiger partial charge in [0.25, 0.3) is 0 Å². The van der Waals surface area contributed by atoms with E-state index in [1.807, 2.05) is 0 Å². The van der Waals surface area contributed by atoms with Crippen molar-refractivity contribution in [3.63, 3.8) is 0 Å². The molecule has 0 amide bonds. The van der Waals surface area contributed by atoms with E-state index in [9.17, 15) is 18.0 Å². The third kappa shape index (κ3) is 6.09. The lowest BCUT2D eigenvalue weighted by molar-refractivity contribution is 0.0352. The molecule has 13 heteroatoms. The molecular formula is C24H29ClN4O7S. The van der Waals surface area contributed by atoms with E-state index in [4.69, 9.17) is 26.2 Å². The smallest absolute Gasteiger partial charge is 0.348 e. The minimum absolute atomic E-state index is 0.00608. The lowest BCUT2D eigenvalue weighted by atomic mass is 10.0. The standard InChI is InChI=1S/C24H29ClN4O7S/c1-13(9-10-30)35-12-18-19(37(6,33)34)8-7-16(21(18)25)22(31)20-15(3)27-29(5)23(20)36-24(32)17-11-28(4)26-14(17)2/h7-8,11,13,30H,9-10,12H2,1-6H3. The van der Waals surface area contributed by atoms with E-state index in [2.05, 4.69) is 10.2 Å². The van der Waals surface area contributed by atoms with Gasteiger partial charge in [0.1, 0.15) is 11.1 Å². The Labute approximate surface area is 219 Å². The molecular weight excluding hydrogens is 524 g/mol. The Bertz CT molecular complexity index is 1460. The average Bonchev–Trinajstić information content (AvgIpc) is 3.28. The number of aliphatic hydroxyl groups excluding tert-OH is 1. The molecule has 0 aliphatic rings. The van der Waals surface area contributed by atoms with Crippen molar-refractivity contribution in [1.29, 1.82) is 0 Å². The van der Waals surface area contributed by atoms with Crippen molar-refractivity contribution < 1.29 is 32.6 Å². The van der Waals surface area contributed by atoms with Gasteiger partial charge in [-0.2, -0.15) is 10.2 Å². The Morgan fingerprint density at radius 2 is 1.81 bits per heavy atom. The summed E-state index contributed by atoms with van der Waals surface area (Å²) < 4.78 is 38.8. The number of nitrogens with zero attached hydrogens (tertiary/aromatic N) is 4. The molecule has 0 spiro atoms. The highest BCUT2D eigenvalue weighted by Crippen LogP contribution is 2.33. The van der Waals surface area contributed by atoms with E-state index < -0.39 is 21.6 Å². The largest absolute Gasteiger partial charge is 0.403 e. The number of aliphatic hydroxyl groups is 1. The molecule has 0 saturated carbocycles. The molecule has 0 aliphatic carbocycles. The third-order valence-corrected chi connectivity index (χ3v) is 7.32. The van der Waals surface area contributed by atoms with Crippen LogP contribution in [0.15, 0.2) is 23.2 Å². The number of halogens is 1. The summed E-state index contributed by atoms with van der Waals surface area (Å²) in [6.45, 7) is 4.66. The highest BCUT2D eigenvalue weighted by Gasteiger charge is 2.30. The van der Waals surface area contributed by atoms with Crippen molar-refractivity contribution in [3.05, 3.63) is 57.0 Å². The second kappa shape index (κ2) is 11.1. The maximum Gasteiger partial charge on any atom is 0.348 e. The van der Waals surface area contributed by atoms with Gasteiger partial charge in [0, 0.05) is 44.3 Å². The fourth-order valence-electron chi connectivity index (χ4n) is 3.84. The van der Waals surface area contributed by atoms with Crippen LogP contribution in [0, 0.1) is 13.8 Å². The molecule has 1 unspecified atom stereocenters. The van der Waals surface area contributed by atoms with Gasteiger partial charge in [-0.15, -0.1) is 0 Å². The van der Waals surface area contributed by atoms with Gasteiger partial charge in [0.2, 0.25) is 11.7 Å². The number of hydrogen-bond acceptors (Lipinski definition) is 9. The zero-order valence-corrected chi connectivity index (χ0v) is 23.0. The Hall–Kier alpha value is -3.06. The Balaban J connectivity index is 2.06. The van der Waals surface area contributed by atoms with Crippen molar-refractivity contribution in [2.24, 2.45) is 14.1 Å². The normalized spacial score (nSPS) is 12.5. The number of sulfone groups is 1. The van der Waals surface area contributed by atoms with Crippen LogP contribution in [0.2, 0.25) is 5.02 Å². The molecule has 200 valence electrons. The molecule has 0 bridgehead atoms. The van der Waals surface area contributed by atoms with Gasteiger partial charge in [-0.05, 0) is 39.3 Å². The highest BCUT2D eigenvalue weighted by molar-refractivity contribution is 7.90. The Kier molecular flexibility index (Phi) is 8.58. The summed E-state index contributed by atoms with van der Waals surface area (Å²) in [5.41, 5.74) is 1.09. The molecule has 0 saturated heterocycles. The predicted molar refractivity (Wildman–Crippen MR) is 135 cm³/mol. The van der Waals surface area contributed by atoms with Gasteiger partial charge < -0.3 is 14.6 Å². The third-order valence-electron chi connectivity index (χ3n) is 5.71. The second-order valence-corrected chi connectivity index (χ2v) is 11.1. The van der Waals surface area contributed by atoms with E-state index in [0.29, 0.717) is 12.1 Å². The first kappa shape index (κ1) is 28.5. The molecule has 1 aromatic carbocycles. The summed E-state index contributed by atoms with van der Waals surface area (Å²) in [5, 5.41) is 17.4. The number of ketones is 1. The number of aromatic nitrogens is 4. The van der Waals surface area contributed by atoms with Crippen LogP contribution in [0.5, 0.6) is 5.88 Å². The second-order valence-electron chi connectivity index (χ2n) is 8.72. The van der Waals surface area contributed by atoms with Crippen LogP contribution in [-0.2, 0) is 35.3 Å². The van der Waals surface area contributed by atoms with Crippen molar-refractivity contribution in [1.82, 2.24) is 19.6 Å². The molecule has 0 aliphatic heterocycles. The van der Waals surface area contributed by atoms with Crippen molar-refractivity contribution in [3.8, 4) is 5.88 Å². The van der Waals surface area contributed by atoms with Crippen LogP contribution in [0.25, 0.3) is 0 Å². The van der Waals surface area contributed by atoms with E-state index in [1.165, 1.54) is 34.7 Å². The van der Waals surface area contributed by atoms with E-state index in [0.717, 1.165) is 6.26 Å². The topological polar surface area (TPSA) is 143 Å². The van der Waals surface area contributed by atoms with Crippen LogP contribution in [-0.4, -0.2) is 63.8 Å². The number of carbonyl (C=O) groups excluding carboxylic acids is 2. The van der Waals surface area contributed by atoms with Crippen molar-refractivity contribution in [2.45, 2.75) is 44.8 Å². The number of carbonyl (C=O) groups is 2. The minimum atomic E-state index is -3.70.